The molecule has 2 atom stereocenters. The summed E-state index contributed by atoms with van der Waals surface area (Å²) >= 11 is 1.79. The third kappa shape index (κ3) is 9.24. The molecular formula is C44H53N9O4S. The van der Waals surface area contributed by atoms with Gasteiger partial charge in [-0.25, -0.2) is 19.7 Å². The normalized spacial score (nSPS) is 16.3. The van der Waals surface area contributed by atoms with Crippen LogP contribution >= 0.6 is 11.3 Å². The van der Waals surface area contributed by atoms with E-state index < -0.39 is 11.7 Å². The zero-order valence-electron chi connectivity index (χ0n) is 34.6. The maximum absolute atomic E-state index is 13.5. The number of nitrogens with one attached hydrogen (secondary N) is 2. The van der Waals surface area contributed by atoms with Crippen molar-refractivity contribution in [2.24, 2.45) is 0 Å². The van der Waals surface area contributed by atoms with Gasteiger partial charge >= 0.3 is 6.09 Å². The van der Waals surface area contributed by atoms with Crippen molar-refractivity contribution in [1.29, 1.82) is 0 Å². The second-order valence-corrected chi connectivity index (χ2v) is 17.6. The third-order valence-electron chi connectivity index (χ3n) is 10.3. The van der Waals surface area contributed by atoms with Gasteiger partial charge in [0.05, 0.1) is 29.8 Å². The number of nitrogens with zero attached hydrogens (tertiary/aromatic N) is 7. The lowest BCUT2D eigenvalue weighted by Gasteiger charge is -2.40. The Morgan fingerprint density at radius 2 is 1.78 bits per heavy atom. The van der Waals surface area contributed by atoms with Crippen LogP contribution in [0.5, 0.6) is 0 Å². The lowest BCUT2D eigenvalue weighted by atomic mass is 10.1. The van der Waals surface area contributed by atoms with Crippen LogP contribution in [0, 0.1) is 6.92 Å². The van der Waals surface area contributed by atoms with Crippen LogP contribution in [-0.4, -0.2) is 101 Å². The van der Waals surface area contributed by atoms with Crippen molar-refractivity contribution in [3.8, 4) is 10.4 Å². The molecule has 3 amide bonds. The summed E-state index contributed by atoms with van der Waals surface area (Å²) in [4.78, 5) is 63.4. The quantitative estimate of drug-likeness (QED) is 0.140. The van der Waals surface area contributed by atoms with Crippen molar-refractivity contribution in [3.63, 3.8) is 0 Å². The number of pyridine rings is 1. The Kier molecular flexibility index (Phi) is 11.7. The first-order valence-electron chi connectivity index (χ1n) is 19.8. The van der Waals surface area contributed by atoms with E-state index in [-0.39, 0.29) is 29.9 Å². The number of aromatic nitrogens is 3. The van der Waals surface area contributed by atoms with Gasteiger partial charge in [-0.05, 0) is 103 Å². The summed E-state index contributed by atoms with van der Waals surface area (Å²) in [5.41, 5.74) is 3.78. The monoisotopic (exact) mass is 803 g/mol. The minimum Gasteiger partial charge on any atom is -0.444 e. The molecule has 2 saturated heterocycles. The van der Waals surface area contributed by atoms with Gasteiger partial charge in [0, 0.05) is 66.0 Å². The van der Waals surface area contributed by atoms with Crippen LogP contribution in [-0.2, 0) is 16.1 Å². The van der Waals surface area contributed by atoms with E-state index in [9.17, 15) is 14.4 Å². The standard InChI is InChI=1S/C44H53N9O4S/c1-27(38-16-17-39(58-38)35-15-10-9-12-31(35)23-50(7)8)46-41-36-21-40(45-22-37(36)47-28(2)48-41)52-24-32(25-52)49-42(55)30-13-11-14-33(20-30)53(29(3)54)34-18-19-51(26-34)43(56)57-44(4,5)6/h9-17,20-22,27,32,34H,18-19,23-26H2,1-8H3,(H,49,55)(H,46,47,48)/t27?,34-/m1/s1. The molecule has 2 N–H and O–H groups in total. The van der Waals surface area contributed by atoms with E-state index >= 15 is 0 Å². The SMILES string of the molecule is CC(=O)N(c1cccc(C(=O)NC2CN(c3cc4c(NC(C)c5ccc(-c6ccccc6CN(C)C)s5)nc(C)nc4cn3)C2)c1)[C@@H]1CCN(C(=O)OC(C)(C)C)C1. The first-order chi connectivity index (χ1) is 27.6. The number of likely N-dealkylation sites (tertiary alicyclic amines) is 1. The highest BCUT2D eigenvalue weighted by atomic mass is 32.1. The van der Waals surface area contributed by atoms with Crippen LogP contribution in [0.3, 0.4) is 0 Å². The largest absolute Gasteiger partial charge is 0.444 e. The summed E-state index contributed by atoms with van der Waals surface area (Å²) in [7, 11) is 4.18. The molecule has 0 bridgehead atoms. The van der Waals surface area contributed by atoms with Gasteiger partial charge in [-0.2, -0.15) is 0 Å². The predicted molar refractivity (Wildman–Crippen MR) is 231 cm³/mol. The number of aryl methyl sites for hydroxylation is 1. The molecule has 1 unspecified atom stereocenters. The van der Waals surface area contributed by atoms with E-state index in [2.05, 4.69) is 82.8 Å². The number of amides is 3. The van der Waals surface area contributed by atoms with E-state index in [1.807, 2.05) is 39.8 Å². The van der Waals surface area contributed by atoms with Gasteiger partial charge in [0.2, 0.25) is 5.91 Å². The molecule has 304 valence electrons. The van der Waals surface area contributed by atoms with Crippen LogP contribution in [0.2, 0.25) is 0 Å². The van der Waals surface area contributed by atoms with Crippen LogP contribution in [0.1, 0.15) is 73.7 Å². The molecule has 0 saturated carbocycles. The Balaban J connectivity index is 0.991. The Bertz CT molecular complexity index is 2320. The molecular weight excluding hydrogens is 751 g/mol. The van der Waals surface area contributed by atoms with Crippen molar-refractivity contribution in [1.82, 2.24) is 30.1 Å². The molecule has 2 fully saturated rings. The fourth-order valence-corrected chi connectivity index (χ4v) is 8.65. The zero-order chi connectivity index (χ0) is 41.3. The second kappa shape index (κ2) is 16.7. The summed E-state index contributed by atoms with van der Waals surface area (Å²) in [5.74, 6) is 1.83. The summed E-state index contributed by atoms with van der Waals surface area (Å²) in [6, 6.07) is 21.8. The number of thiophene rings is 1. The fourth-order valence-electron chi connectivity index (χ4n) is 7.58. The van der Waals surface area contributed by atoms with Crippen molar-refractivity contribution in [2.75, 3.05) is 55.4 Å². The summed E-state index contributed by atoms with van der Waals surface area (Å²) in [6.45, 7) is 13.9. The summed E-state index contributed by atoms with van der Waals surface area (Å²) in [5, 5.41) is 7.69. The lowest BCUT2D eigenvalue weighted by molar-refractivity contribution is -0.117. The topological polar surface area (TPSA) is 136 Å². The van der Waals surface area contributed by atoms with Gasteiger partial charge in [0.25, 0.3) is 5.91 Å². The summed E-state index contributed by atoms with van der Waals surface area (Å²) in [6.07, 6.45) is 2.01. The molecule has 7 rings (SSSR count). The van der Waals surface area contributed by atoms with E-state index in [4.69, 9.17) is 14.7 Å². The highest BCUT2D eigenvalue weighted by molar-refractivity contribution is 7.15. The highest BCUT2D eigenvalue weighted by Crippen LogP contribution is 2.36. The first-order valence-corrected chi connectivity index (χ1v) is 20.6. The smallest absolute Gasteiger partial charge is 0.410 e. The molecule has 5 heterocycles. The molecule has 13 nitrogen and oxygen atoms in total. The van der Waals surface area contributed by atoms with Crippen LogP contribution in [0.25, 0.3) is 21.3 Å². The van der Waals surface area contributed by atoms with Crippen molar-refractivity contribution in [2.45, 2.75) is 78.2 Å². The molecule has 2 aliphatic rings. The van der Waals surface area contributed by atoms with Gasteiger partial charge in [0.15, 0.2) is 0 Å². The van der Waals surface area contributed by atoms with E-state index in [0.29, 0.717) is 49.7 Å². The molecule has 5 aromatic rings. The number of rotatable bonds is 11. The van der Waals surface area contributed by atoms with Gasteiger partial charge in [-0.1, -0.05) is 30.3 Å². The van der Waals surface area contributed by atoms with Crippen LogP contribution in [0.4, 0.5) is 22.1 Å². The average molecular weight is 804 g/mol. The Morgan fingerprint density at radius 3 is 2.52 bits per heavy atom. The zero-order valence-corrected chi connectivity index (χ0v) is 35.4. The number of hydrogen-bond donors (Lipinski definition) is 2. The molecule has 58 heavy (non-hydrogen) atoms. The maximum Gasteiger partial charge on any atom is 0.410 e. The Morgan fingerprint density at radius 1 is 1.00 bits per heavy atom. The van der Waals surface area contributed by atoms with Gasteiger partial charge in [-0.15, -0.1) is 11.3 Å². The number of carbonyl (C=O) groups excluding carboxylic acids is 3. The molecule has 2 aliphatic heterocycles. The van der Waals surface area contributed by atoms with Crippen LogP contribution < -0.4 is 20.4 Å². The second-order valence-electron chi connectivity index (χ2n) is 16.5. The molecule has 0 aliphatic carbocycles. The molecule has 0 radical (unpaired) electrons. The third-order valence-corrected chi connectivity index (χ3v) is 11.6. The van der Waals surface area contributed by atoms with Crippen LogP contribution in [0.15, 0.2) is 72.9 Å². The number of ether oxygens (including phenoxy) is 1. The number of benzene rings is 2. The minimum absolute atomic E-state index is 0.00333. The maximum atomic E-state index is 13.5. The highest BCUT2D eigenvalue weighted by Gasteiger charge is 2.35. The van der Waals surface area contributed by atoms with Crippen molar-refractivity contribution >= 4 is 57.5 Å². The Hall–Kier alpha value is -5.60. The fraction of sp³-hybridized carbons (Fsp3) is 0.409. The number of hydrogen-bond acceptors (Lipinski definition) is 11. The van der Waals surface area contributed by atoms with Gasteiger partial charge in [-0.3, -0.25) is 9.59 Å². The lowest BCUT2D eigenvalue weighted by Crippen LogP contribution is -2.59. The molecule has 2 aromatic carbocycles. The Labute approximate surface area is 344 Å². The van der Waals surface area contributed by atoms with E-state index in [0.717, 1.165) is 29.1 Å². The first kappa shape index (κ1) is 40.6. The number of anilines is 3. The predicted octanol–water partition coefficient (Wildman–Crippen LogP) is 7.28. The summed E-state index contributed by atoms with van der Waals surface area (Å²) < 4.78 is 5.55. The average Bonchev–Trinajstić information content (AvgIpc) is 3.84. The molecule has 0 spiro atoms. The molecule has 14 heteroatoms. The molecule has 3 aromatic heterocycles. The van der Waals surface area contributed by atoms with E-state index in [1.54, 1.807) is 45.5 Å². The number of fused-ring (bicyclic) bond motifs is 1. The van der Waals surface area contributed by atoms with Gasteiger partial charge < -0.3 is 35.0 Å². The minimum atomic E-state index is -0.606. The van der Waals surface area contributed by atoms with E-state index in [1.165, 1.54) is 27.8 Å². The number of carbonyl (C=O) groups is 3. The van der Waals surface area contributed by atoms with Crippen molar-refractivity contribution < 1.29 is 19.1 Å². The van der Waals surface area contributed by atoms with Crippen molar-refractivity contribution in [3.05, 3.63) is 94.8 Å². The van der Waals surface area contributed by atoms with Gasteiger partial charge in [0.1, 0.15) is 23.1 Å².